The highest BCUT2D eigenvalue weighted by atomic mass is 35.5. The highest BCUT2D eigenvalue weighted by Gasteiger charge is 2.32. The molecule has 2 aromatic heterocycles. The Kier molecular flexibility index (Phi) is 10.2. The Morgan fingerprint density at radius 1 is 0.736 bits per heavy atom. The molecule has 53 heavy (non-hydrogen) atoms. The minimum absolute atomic E-state index is 0.249. The van der Waals surface area contributed by atoms with E-state index in [1.807, 2.05) is 66.6 Å². The molecule has 4 aliphatic rings. The number of halogens is 1. The van der Waals surface area contributed by atoms with Crippen LogP contribution in [0.1, 0.15) is 95.0 Å². The average molecular weight is 739 g/mol. The number of nitrogens with one attached hydrogen (secondary N) is 2. The van der Waals surface area contributed by atoms with Gasteiger partial charge in [-0.3, -0.25) is 19.4 Å². The van der Waals surface area contributed by atoms with E-state index in [0.717, 1.165) is 110 Å². The fraction of sp³-hybridized carbons (Fsp3) is 0.512. The monoisotopic (exact) mass is 738 g/mol. The van der Waals surface area contributed by atoms with Gasteiger partial charge in [0.1, 0.15) is 0 Å². The van der Waals surface area contributed by atoms with E-state index in [-0.39, 0.29) is 11.8 Å². The van der Waals surface area contributed by atoms with Crippen molar-refractivity contribution in [3.63, 3.8) is 0 Å². The van der Waals surface area contributed by atoms with Gasteiger partial charge in [-0.15, -0.1) is 0 Å². The summed E-state index contributed by atoms with van der Waals surface area (Å²) in [5.41, 5.74) is 7.91. The van der Waals surface area contributed by atoms with Gasteiger partial charge in [-0.05, 0) is 74.6 Å². The fourth-order valence-corrected chi connectivity index (χ4v) is 9.31. The summed E-state index contributed by atoms with van der Waals surface area (Å²) in [5, 5.41) is 6.60. The van der Waals surface area contributed by atoms with Gasteiger partial charge in [0.05, 0.1) is 22.1 Å². The topological polar surface area (TPSA) is 110 Å². The van der Waals surface area contributed by atoms with Gasteiger partial charge in [0.25, 0.3) is 11.8 Å². The van der Waals surface area contributed by atoms with Gasteiger partial charge in [0.15, 0.2) is 11.6 Å². The maximum Gasteiger partial charge on any atom is 0.291 e. The lowest BCUT2D eigenvalue weighted by molar-refractivity contribution is 0.0283. The van der Waals surface area contributed by atoms with Gasteiger partial charge in [0.2, 0.25) is 0 Å². The second-order valence-electron chi connectivity index (χ2n) is 15.5. The standard InChI is InChI=1S/C41H51ClN8O3/c1-25-11-13-27(14-12-25)49-19-15-35-33(23-49)44-39(48(35)4)41(52)46-32-10-6-8-30(37(32)42)29-7-5-9-31(26(29)2)45-40(51)38-43-34-24-50(20-16-36(34)47(38)3)28-17-21-53-22-18-28/h5-10,25,27-28H,11-24H2,1-4H3,(H,45,51)(H,46,52). The summed E-state index contributed by atoms with van der Waals surface area (Å²) in [5.74, 6) is 1.08. The third kappa shape index (κ3) is 7.04. The number of ether oxygens (including phenoxy) is 1. The number of carbonyl (C=O) groups excluding carboxylic acids is 2. The predicted molar refractivity (Wildman–Crippen MR) is 207 cm³/mol. The number of anilines is 2. The molecule has 2 N–H and O–H groups in total. The second-order valence-corrected chi connectivity index (χ2v) is 15.9. The van der Waals surface area contributed by atoms with Crippen molar-refractivity contribution in [1.82, 2.24) is 28.9 Å². The number of aromatic nitrogens is 4. The largest absolute Gasteiger partial charge is 0.381 e. The van der Waals surface area contributed by atoms with Crippen LogP contribution in [0, 0.1) is 12.8 Å². The normalized spacial score (nSPS) is 21.2. The molecule has 2 aromatic carbocycles. The third-order valence-electron chi connectivity index (χ3n) is 12.3. The molecule has 280 valence electrons. The van der Waals surface area contributed by atoms with Crippen LogP contribution in [0.3, 0.4) is 0 Å². The molecule has 0 bridgehead atoms. The first-order valence-corrected chi connectivity index (χ1v) is 19.7. The first-order valence-electron chi connectivity index (χ1n) is 19.3. The van der Waals surface area contributed by atoms with Gasteiger partial charge in [0, 0.05) is 101 Å². The molecule has 1 saturated heterocycles. The van der Waals surface area contributed by atoms with Crippen LogP contribution < -0.4 is 10.6 Å². The van der Waals surface area contributed by atoms with Crippen LogP contribution >= 0.6 is 11.6 Å². The molecule has 12 heteroatoms. The van der Waals surface area contributed by atoms with Crippen molar-refractivity contribution in [2.75, 3.05) is 36.9 Å². The first kappa shape index (κ1) is 36.0. The number of carbonyl (C=O) groups is 2. The van der Waals surface area contributed by atoms with Gasteiger partial charge < -0.3 is 24.5 Å². The number of fused-ring (bicyclic) bond motifs is 2. The summed E-state index contributed by atoms with van der Waals surface area (Å²) >= 11 is 7.04. The molecule has 0 radical (unpaired) electrons. The molecule has 0 spiro atoms. The Balaban J connectivity index is 0.967. The van der Waals surface area contributed by atoms with Crippen LogP contribution in [0.2, 0.25) is 5.02 Å². The number of amides is 2. The van der Waals surface area contributed by atoms with Crippen LogP contribution in [0.25, 0.3) is 11.1 Å². The van der Waals surface area contributed by atoms with E-state index >= 15 is 0 Å². The smallest absolute Gasteiger partial charge is 0.291 e. The van der Waals surface area contributed by atoms with Crippen molar-refractivity contribution >= 4 is 34.8 Å². The maximum absolute atomic E-state index is 13.7. The Morgan fingerprint density at radius 2 is 1.25 bits per heavy atom. The van der Waals surface area contributed by atoms with Crippen molar-refractivity contribution in [3.8, 4) is 11.1 Å². The van der Waals surface area contributed by atoms with Gasteiger partial charge >= 0.3 is 0 Å². The maximum atomic E-state index is 13.7. The Bertz CT molecular complexity index is 2020. The molecule has 11 nitrogen and oxygen atoms in total. The van der Waals surface area contributed by atoms with E-state index in [1.165, 1.54) is 25.7 Å². The lowest BCUT2D eigenvalue weighted by Gasteiger charge is -2.38. The lowest BCUT2D eigenvalue weighted by atomic mass is 9.86. The number of hydrogen-bond acceptors (Lipinski definition) is 7. The van der Waals surface area contributed by atoms with Gasteiger partial charge in [-0.25, -0.2) is 9.97 Å². The summed E-state index contributed by atoms with van der Waals surface area (Å²) < 4.78 is 9.46. The number of imidazole rings is 2. The molecule has 2 fully saturated rings. The average Bonchev–Trinajstić information content (AvgIpc) is 3.69. The molecular formula is C41H51ClN8O3. The Morgan fingerprint density at radius 3 is 1.83 bits per heavy atom. The van der Waals surface area contributed by atoms with Crippen molar-refractivity contribution in [2.45, 2.75) is 90.4 Å². The summed E-state index contributed by atoms with van der Waals surface area (Å²) in [6, 6.07) is 12.5. The highest BCUT2D eigenvalue weighted by molar-refractivity contribution is 6.36. The van der Waals surface area contributed by atoms with Gasteiger partial charge in [-0.1, -0.05) is 42.8 Å². The number of rotatable bonds is 7. The van der Waals surface area contributed by atoms with E-state index in [4.69, 9.17) is 26.3 Å². The number of hydrogen-bond donors (Lipinski definition) is 2. The third-order valence-corrected chi connectivity index (χ3v) is 12.7. The van der Waals surface area contributed by atoms with E-state index < -0.39 is 0 Å². The molecule has 1 saturated carbocycles. The number of nitrogens with zero attached hydrogens (tertiary/aromatic N) is 6. The zero-order valence-electron chi connectivity index (χ0n) is 31.4. The molecule has 8 rings (SSSR count). The van der Waals surface area contributed by atoms with Crippen LogP contribution in [0.4, 0.5) is 11.4 Å². The predicted octanol–water partition coefficient (Wildman–Crippen LogP) is 6.76. The van der Waals surface area contributed by atoms with E-state index in [9.17, 15) is 9.59 Å². The van der Waals surface area contributed by atoms with Crippen LogP contribution in [0.5, 0.6) is 0 Å². The first-order chi connectivity index (χ1) is 25.7. The molecule has 0 atom stereocenters. The minimum atomic E-state index is -0.287. The molecule has 4 aromatic rings. The zero-order chi connectivity index (χ0) is 36.8. The second kappa shape index (κ2) is 15.0. The molecule has 3 aliphatic heterocycles. The summed E-state index contributed by atoms with van der Waals surface area (Å²) in [4.78, 5) is 42.2. The minimum Gasteiger partial charge on any atom is -0.381 e. The summed E-state index contributed by atoms with van der Waals surface area (Å²) in [6.45, 7) is 9.43. The Hall–Kier alpha value is -4.03. The van der Waals surface area contributed by atoms with Crippen molar-refractivity contribution in [1.29, 1.82) is 0 Å². The van der Waals surface area contributed by atoms with Crippen LogP contribution in [0.15, 0.2) is 36.4 Å². The highest BCUT2D eigenvalue weighted by Crippen LogP contribution is 2.38. The Labute approximate surface area is 317 Å². The van der Waals surface area contributed by atoms with Crippen molar-refractivity contribution in [3.05, 3.63) is 81.4 Å². The summed E-state index contributed by atoms with van der Waals surface area (Å²) in [6.07, 6.45) is 8.87. The van der Waals surface area contributed by atoms with Crippen molar-refractivity contribution in [2.24, 2.45) is 20.0 Å². The molecule has 2 amide bonds. The van der Waals surface area contributed by atoms with Crippen LogP contribution in [-0.2, 0) is 44.8 Å². The zero-order valence-corrected chi connectivity index (χ0v) is 32.1. The summed E-state index contributed by atoms with van der Waals surface area (Å²) in [7, 11) is 3.86. The van der Waals surface area contributed by atoms with Crippen LogP contribution in [-0.4, -0.2) is 79.1 Å². The SMILES string of the molecule is Cc1c(NC(=O)c2nc3c(n2C)CCN(C2CCOCC2)C3)cccc1-c1cccc(NC(=O)c2nc3c(n2C)CCN(C2CCC(C)CC2)C3)c1Cl. The lowest BCUT2D eigenvalue weighted by Crippen LogP contribution is -2.42. The quantitative estimate of drug-likeness (QED) is 0.216. The number of benzene rings is 2. The molecule has 5 heterocycles. The van der Waals surface area contributed by atoms with Crippen molar-refractivity contribution < 1.29 is 14.3 Å². The fourth-order valence-electron chi connectivity index (χ4n) is 9.04. The van der Waals surface area contributed by atoms with E-state index in [0.29, 0.717) is 40.1 Å². The van der Waals surface area contributed by atoms with Gasteiger partial charge in [-0.2, -0.15) is 0 Å². The molecular weight excluding hydrogens is 688 g/mol. The van der Waals surface area contributed by atoms with E-state index in [2.05, 4.69) is 27.4 Å². The molecule has 1 aliphatic carbocycles. The molecule has 0 unspecified atom stereocenters. The van der Waals surface area contributed by atoms with E-state index in [1.54, 1.807) is 0 Å².